The van der Waals surface area contributed by atoms with Crippen LogP contribution in [-0.2, 0) is 4.79 Å². The number of piperidine rings is 1. The maximum absolute atomic E-state index is 13.8. The summed E-state index contributed by atoms with van der Waals surface area (Å²) in [4.78, 5) is 18.9. The number of nitrogens with zero attached hydrogens (tertiary/aromatic N) is 3. The van der Waals surface area contributed by atoms with Crippen molar-refractivity contribution in [2.24, 2.45) is 22.2 Å². The third kappa shape index (κ3) is 5.63. The van der Waals surface area contributed by atoms with E-state index in [1.165, 1.54) is 25.1 Å². The molecule has 0 bridgehead atoms. The number of hydrogen-bond acceptors (Lipinski definition) is 6. The summed E-state index contributed by atoms with van der Waals surface area (Å²) in [6, 6.07) is 7.19. The molecule has 0 unspecified atom stereocenters. The number of piperazine rings is 1. The van der Waals surface area contributed by atoms with Crippen molar-refractivity contribution in [1.29, 1.82) is 5.26 Å². The predicted octanol–water partition coefficient (Wildman–Crippen LogP) is 4.98. The third-order valence-corrected chi connectivity index (χ3v) is 10.4. The molecule has 0 aromatic heterocycles. The van der Waals surface area contributed by atoms with E-state index < -0.39 is 0 Å². The number of halogens is 1. The van der Waals surface area contributed by atoms with Crippen molar-refractivity contribution >= 4 is 17.5 Å². The van der Waals surface area contributed by atoms with Crippen LogP contribution in [0.4, 0.5) is 0 Å². The molecule has 0 radical (unpaired) electrons. The van der Waals surface area contributed by atoms with Gasteiger partial charge in [0.25, 0.3) is 0 Å². The molecule has 1 saturated carbocycles. The minimum absolute atomic E-state index is 0.00295. The van der Waals surface area contributed by atoms with Crippen molar-refractivity contribution in [3.8, 4) is 11.8 Å². The molecule has 2 saturated heterocycles. The van der Waals surface area contributed by atoms with Gasteiger partial charge in [-0.25, -0.2) is 0 Å². The molecule has 41 heavy (non-hydrogen) atoms. The second-order valence-corrected chi connectivity index (χ2v) is 14.4. The average molecular weight is 580 g/mol. The van der Waals surface area contributed by atoms with Crippen LogP contribution >= 0.6 is 11.6 Å². The average Bonchev–Trinajstić information content (AvgIpc) is 3.25. The van der Waals surface area contributed by atoms with Gasteiger partial charge in [-0.2, -0.15) is 5.26 Å². The predicted molar refractivity (Wildman–Crippen MR) is 164 cm³/mol. The van der Waals surface area contributed by atoms with Crippen LogP contribution in [0.1, 0.15) is 59.9 Å². The first-order valence-corrected chi connectivity index (χ1v) is 15.5. The molecule has 5 rings (SSSR count). The molecular weight excluding hydrogens is 534 g/mol. The van der Waals surface area contributed by atoms with Crippen LogP contribution in [-0.4, -0.2) is 73.7 Å². The van der Waals surface area contributed by atoms with Gasteiger partial charge in [0.15, 0.2) is 0 Å². The third-order valence-electron chi connectivity index (χ3n) is 10.1. The van der Waals surface area contributed by atoms with Crippen molar-refractivity contribution in [1.82, 2.24) is 20.4 Å². The molecule has 0 spiro atoms. The molecule has 2 aliphatic heterocycles. The number of benzene rings is 1. The summed E-state index contributed by atoms with van der Waals surface area (Å²) < 4.78 is 6.41. The van der Waals surface area contributed by atoms with Gasteiger partial charge in [-0.1, -0.05) is 59.2 Å². The zero-order valence-electron chi connectivity index (χ0n) is 25.5. The van der Waals surface area contributed by atoms with Crippen molar-refractivity contribution in [2.75, 3.05) is 45.8 Å². The van der Waals surface area contributed by atoms with Crippen molar-refractivity contribution in [3.05, 3.63) is 52.2 Å². The van der Waals surface area contributed by atoms with E-state index in [1.54, 1.807) is 18.2 Å². The summed E-state index contributed by atoms with van der Waals surface area (Å²) >= 11 is 6.25. The first kappa shape index (κ1) is 29.9. The Balaban J connectivity index is 1.18. The highest BCUT2D eigenvalue weighted by Crippen LogP contribution is 2.56. The van der Waals surface area contributed by atoms with Gasteiger partial charge in [-0.05, 0) is 50.1 Å². The second kappa shape index (κ2) is 11.3. The standard InChI is InChI=1S/C33H46ClN5O2/c1-31(2)25(9-10-27(31)39-17-15-38(16-18-39)21-22-11-13-36-14-12-22)28(40)37-29-32(3,4)30(33(29,5)6)41-24-8-7-23(20-35)26(34)19-24/h7-10,19,22,29-30,36H,11-18,21H2,1-6H3,(H,37,40)/t29-,30-. The number of nitriles is 1. The van der Waals surface area contributed by atoms with Gasteiger partial charge in [-0.3, -0.25) is 9.69 Å². The number of nitrogens with one attached hydrogen (secondary N) is 2. The van der Waals surface area contributed by atoms with Gasteiger partial charge in [0, 0.05) is 72.3 Å². The number of carbonyl (C=O) groups is 1. The molecule has 1 aromatic rings. The van der Waals surface area contributed by atoms with E-state index in [1.807, 2.05) is 6.08 Å². The van der Waals surface area contributed by atoms with Gasteiger partial charge in [-0.15, -0.1) is 0 Å². The largest absolute Gasteiger partial charge is 0.489 e. The van der Waals surface area contributed by atoms with Crippen molar-refractivity contribution < 1.29 is 9.53 Å². The number of carbonyl (C=O) groups excluding carboxylic acids is 1. The van der Waals surface area contributed by atoms with Crippen LogP contribution in [0.25, 0.3) is 0 Å². The highest BCUT2D eigenvalue weighted by Gasteiger charge is 2.64. The lowest BCUT2D eigenvalue weighted by Gasteiger charge is -2.63. The lowest BCUT2D eigenvalue weighted by Crippen LogP contribution is -2.75. The molecule has 1 aromatic carbocycles. The van der Waals surface area contributed by atoms with Crippen LogP contribution in [0.15, 0.2) is 41.6 Å². The summed E-state index contributed by atoms with van der Waals surface area (Å²) in [5.41, 5.74) is 1.53. The molecule has 1 amide bonds. The lowest BCUT2D eigenvalue weighted by atomic mass is 9.49. The zero-order valence-corrected chi connectivity index (χ0v) is 26.3. The van der Waals surface area contributed by atoms with Crippen LogP contribution < -0.4 is 15.4 Å². The molecule has 2 N–H and O–H groups in total. The van der Waals surface area contributed by atoms with Crippen LogP contribution in [0, 0.1) is 33.5 Å². The van der Waals surface area contributed by atoms with Gasteiger partial charge < -0.3 is 20.3 Å². The van der Waals surface area contributed by atoms with E-state index in [-0.39, 0.29) is 34.3 Å². The Kier molecular flexibility index (Phi) is 8.24. The molecule has 2 heterocycles. The minimum Gasteiger partial charge on any atom is -0.489 e. The van der Waals surface area contributed by atoms with Crippen LogP contribution in [0.5, 0.6) is 5.75 Å². The summed E-state index contributed by atoms with van der Waals surface area (Å²) in [6.07, 6.45) is 6.62. The Morgan fingerprint density at radius 3 is 2.34 bits per heavy atom. The topological polar surface area (TPSA) is 80.6 Å². The quantitative estimate of drug-likeness (QED) is 0.474. The Bertz CT molecular complexity index is 1250. The summed E-state index contributed by atoms with van der Waals surface area (Å²) in [5, 5.41) is 16.4. The normalized spacial score (nSPS) is 27.3. The Morgan fingerprint density at radius 1 is 1.07 bits per heavy atom. The SMILES string of the molecule is CC1(C)C(C(=O)N[C@H]2C(C)(C)[C@H](Oc3ccc(C#N)c(Cl)c3)C2(C)C)=CC=C1N1CCN(CC2CCNCC2)CC1. The van der Waals surface area contributed by atoms with Gasteiger partial charge in [0.05, 0.1) is 10.6 Å². The summed E-state index contributed by atoms with van der Waals surface area (Å²) in [6.45, 7) is 20.6. The molecule has 3 fully saturated rings. The number of rotatable bonds is 7. The molecule has 2 aliphatic carbocycles. The minimum atomic E-state index is -0.353. The Hall–Kier alpha value is -2.53. The van der Waals surface area contributed by atoms with Crippen molar-refractivity contribution in [3.63, 3.8) is 0 Å². The summed E-state index contributed by atoms with van der Waals surface area (Å²) in [7, 11) is 0. The number of hydrogen-bond donors (Lipinski definition) is 2. The van der Waals surface area contributed by atoms with Gasteiger partial charge in [0.2, 0.25) is 5.91 Å². The molecular formula is C33H46ClN5O2. The monoisotopic (exact) mass is 579 g/mol. The summed E-state index contributed by atoms with van der Waals surface area (Å²) in [5.74, 6) is 1.44. The molecule has 222 valence electrons. The van der Waals surface area contributed by atoms with E-state index in [0.717, 1.165) is 50.8 Å². The first-order valence-electron chi connectivity index (χ1n) is 15.1. The number of ether oxygens (including phenoxy) is 1. The van der Waals surface area contributed by atoms with Crippen molar-refractivity contribution in [2.45, 2.75) is 66.5 Å². The fourth-order valence-corrected chi connectivity index (χ4v) is 8.20. The number of amides is 1. The van der Waals surface area contributed by atoms with Gasteiger partial charge >= 0.3 is 0 Å². The first-order chi connectivity index (χ1) is 19.4. The molecule has 7 nitrogen and oxygen atoms in total. The fraction of sp³-hybridized carbons (Fsp3) is 0.636. The van der Waals surface area contributed by atoms with Crippen LogP contribution in [0.2, 0.25) is 5.02 Å². The van der Waals surface area contributed by atoms with E-state index in [2.05, 4.69) is 74.1 Å². The maximum Gasteiger partial charge on any atom is 0.248 e. The molecule has 4 aliphatic rings. The fourth-order valence-electron chi connectivity index (χ4n) is 7.98. The molecule has 8 heteroatoms. The Labute approximate surface area is 250 Å². The lowest BCUT2D eigenvalue weighted by molar-refractivity contribution is -0.172. The van der Waals surface area contributed by atoms with Crippen LogP contribution in [0.3, 0.4) is 0 Å². The molecule has 0 atom stereocenters. The zero-order chi connectivity index (χ0) is 29.6. The van der Waals surface area contributed by atoms with E-state index >= 15 is 0 Å². The van der Waals surface area contributed by atoms with Gasteiger partial charge in [0.1, 0.15) is 17.9 Å². The highest BCUT2D eigenvalue weighted by atomic mass is 35.5. The highest BCUT2D eigenvalue weighted by molar-refractivity contribution is 6.31. The number of allylic oxidation sites excluding steroid dienone is 3. The Morgan fingerprint density at radius 2 is 1.73 bits per heavy atom. The maximum atomic E-state index is 13.8. The van der Waals surface area contributed by atoms with E-state index in [4.69, 9.17) is 16.3 Å². The second-order valence-electron chi connectivity index (χ2n) is 14.0. The van der Waals surface area contributed by atoms with E-state index in [9.17, 15) is 10.1 Å². The smallest absolute Gasteiger partial charge is 0.248 e. The van der Waals surface area contributed by atoms with E-state index in [0.29, 0.717) is 16.3 Å².